The molecule has 8 heteroatoms. The van der Waals surface area contributed by atoms with Gasteiger partial charge in [-0.15, -0.1) is 0 Å². The summed E-state index contributed by atoms with van der Waals surface area (Å²) in [5.74, 6) is -0.303. The average Bonchev–Trinajstić information content (AvgIpc) is 3.33. The van der Waals surface area contributed by atoms with Crippen LogP contribution in [0, 0.1) is 0 Å². The van der Waals surface area contributed by atoms with Gasteiger partial charge in [0.15, 0.2) is 0 Å². The molecule has 0 spiro atoms. The average molecular weight is 486 g/mol. The Morgan fingerprint density at radius 3 is 2.32 bits per heavy atom. The van der Waals surface area contributed by atoms with Gasteiger partial charge in [0.1, 0.15) is 11.5 Å². The van der Waals surface area contributed by atoms with Gasteiger partial charge in [-0.25, -0.2) is 8.42 Å². The molecule has 1 aliphatic carbocycles. The first-order valence-corrected chi connectivity index (χ1v) is 13.8. The number of sulfonamides is 1. The van der Waals surface area contributed by atoms with Gasteiger partial charge >= 0.3 is 0 Å². The van der Waals surface area contributed by atoms with Crippen LogP contribution in [0.5, 0.6) is 5.75 Å². The number of anilines is 2. The van der Waals surface area contributed by atoms with Crippen LogP contribution in [0.4, 0.5) is 11.4 Å². The second-order valence-corrected chi connectivity index (χ2v) is 11.1. The maximum Gasteiger partial charge on any atom is 0.241 e. The van der Waals surface area contributed by atoms with Gasteiger partial charge < -0.3 is 15.0 Å². The van der Waals surface area contributed by atoms with Gasteiger partial charge in [0.25, 0.3) is 0 Å². The summed E-state index contributed by atoms with van der Waals surface area (Å²) in [6, 6.07) is 15.3. The van der Waals surface area contributed by atoms with E-state index >= 15 is 0 Å². The number of methoxy groups -OCH3 is 1. The van der Waals surface area contributed by atoms with Crippen LogP contribution in [0.25, 0.3) is 0 Å². The number of piperidine rings is 1. The normalized spacial score (nSPS) is 17.9. The van der Waals surface area contributed by atoms with Crippen LogP contribution in [0.3, 0.4) is 0 Å². The first-order chi connectivity index (χ1) is 16.4. The predicted octanol–water partition coefficient (Wildman–Crippen LogP) is 4.06. The molecule has 2 aromatic carbocycles. The number of amides is 1. The molecule has 0 bridgehead atoms. The van der Waals surface area contributed by atoms with Crippen LogP contribution in [0.1, 0.15) is 50.5 Å². The summed E-state index contributed by atoms with van der Waals surface area (Å²) >= 11 is 0. The first kappa shape index (κ1) is 24.4. The highest BCUT2D eigenvalue weighted by Gasteiger charge is 2.38. The third-order valence-corrected chi connectivity index (χ3v) is 8.23. The molecule has 0 radical (unpaired) electrons. The molecule has 7 nitrogen and oxygen atoms in total. The predicted molar refractivity (Wildman–Crippen MR) is 136 cm³/mol. The highest BCUT2D eigenvalue weighted by atomic mass is 32.2. The van der Waals surface area contributed by atoms with E-state index in [0.29, 0.717) is 12.2 Å². The minimum atomic E-state index is -3.81. The van der Waals surface area contributed by atoms with Gasteiger partial charge in [0, 0.05) is 42.0 Å². The summed E-state index contributed by atoms with van der Waals surface area (Å²) in [5.41, 5.74) is 2.41. The Kier molecular flexibility index (Phi) is 7.66. The van der Waals surface area contributed by atoms with Crippen LogP contribution >= 0.6 is 0 Å². The third-order valence-electron chi connectivity index (χ3n) is 7.05. The van der Waals surface area contributed by atoms with Gasteiger partial charge in [-0.3, -0.25) is 9.52 Å². The Labute approximate surface area is 202 Å². The molecule has 1 saturated heterocycles. The Morgan fingerprint density at radius 2 is 1.65 bits per heavy atom. The SMILES string of the molecule is COc1ccccc1C1(CNC(=O)CS(=O)(=O)Nc2ccc(N3CCCCC3)cc2)CCCC1. The lowest BCUT2D eigenvalue weighted by molar-refractivity contribution is -0.118. The molecule has 1 heterocycles. The minimum absolute atomic E-state index is 0.232. The molecular formula is C26H35N3O4S. The molecule has 2 fully saturated rings. The lowest BCUT2D eigenvalue weighted by Crippen LogP contribution is -2.42. The lowest BCUT2D eigenvalue weighted by Gasteiger charge is -2.31. The fraction of sp³-hybridized carbons (Fsp3) is 0.500. The maximum atomic E-state index is 12.6. The molecule has 0 atom stereocenters. The zero-order valence-electron chi connectivity index (χ0n) is 19.9. The Hall–Kier alpha value is -2.74. The fourth-order valence-electron chi connectivity index (χ4n) is 5.28. The molecule has 2 N–H and O–H groups in total. The second-order valence-electron chi connectivity index (χ2n) is 9.42. The number of hydrogen-bond donors (Lipinski definition) is 2. The van der Waals surface area contributed by atoms with Crippen molar-refractivity contribution in [2.75, 3.05) is 42.1 Å². The van der Waals surface area contributed by atoms with E-state index in [2.05, 4.69) is 14.9 Å². The Bertz CT molecular complexity index is 1070. The molecule has 0 aromatic heterocycles. The van der Waals surface area contributed by atoms with Crippen molar-refractivity contribution >= 4 is 27.3 Å². The molecule has 1 aliphatic heterocycles. The fourth-order valence-corrected chi connectivity index (χ4v) is 6.29. The van der Waals surface area contributed by atoms with Crippen molar-refractivity contribution in [3.8, 4) is 5.75 Å². The Morgan fingerprint density at radius 1 is 0.971 bits per heavy atom. The number of carbonyl (C=O) groups is 1. The summed E-state index contributed by atoms with van der Waals surface area (Å²) in [5, 5.41) is 2.89. The number of rotatable bonds is 9. The number of ether oxygens (including phenoxy) is 1. The number of nitrogens with one attached hydrogen (secondary N) is 2. The molecule has 0 unspecified atom stereocenters. The molecule has 34 heavy (non-hydrogen) atoms. The number of hydrogen-bond acceptors (Lipinski definition) is 5. The Balaban J connectivity index is 1.35. The number of carbonyl (C=O) groups excluding carboxylic acids is 1. The van der Waals surface area contributed by atoms with Gasteiger partial charge in [0.2, 0.25) is 15.9 Å². The summed E-state index contributed by atoms with van der Waals surface area (Å²) in [4.78, 5) is 14.9. The molecular weight excluding hydrogens is 450 g/mol. The highest BCUT2D eigenvalue weighted by molar-refractivity contribution is 7.93. The zero-order chi connectivity index (χ0) is 24.0. The van der Waals surface area contributed by atoms with Crippen molar-refractivity contribution in [3.63, 3.8) is 0 Å². The summed E-state index contributed by atoms with van der Waals surface area (Å²) in [6.07, 6.45) is 7.63. The van der Waals surface area contributed by atoms with E-state index < -0.39 is 21.7 Å². The molecule has 1 saturated carbocycles. The van der Waals surface area contributed by atoms with Crippen molar-refractivity contribution in [2.45, 2.75) is 50.4 Å². The number of nitrogens with zero attached hydrogens (tertiary/aromatic N) is 1. The highest BCUT2D eigenvalue weighted by Crippen LogP contribution is 2.44. The number of para-hydroxylation sites is 1. The van der Waals surface area contributed by atoms with E-state index in [0.717, 1.165) is 55.8 Å². The molecule has 1 amide bonds. The summed E-state index contributed by atoms with van der Waals surface area (Å²) in [7, 11) is -2.16. The second kappa shape index (κ2) is 10.7. The van der Waals surface area contributed by atoms with Crippen LogP contribution in [-0.2, 0) is 20.2 Å². The van der Waals surface area contributed by atoms with E-state index in [1.807, 2.05) is 36.4 Å². The smallest absolute Gasteiger partial charge is 0.241 e. The van der Waals surface area contributed by atoms with Crippen molar-refractivity contribution in [2.24, 2.45) is 0 Å². The summed E-state index contributed by atoms with van der Waals surface area (Å²) < 4.78 is 33.4. The monoisotopic (exact) mass is 485 g/mol. The van der Waals surface area contributed by atoms with Crippen molar-refractivity contribution in [1.82, 2.24) is 5.32 Å². The van der Waals surface area contributed by atoms with Crippen LogP contribution < -0.4 is 19.7 Å². The van der Waals surface area contributed by atoms with Crippen LogP contribution in [-0.4, -0.2) is 46.8 Å². The molecule has 2 aromatic rings. The van der Waals surface area contributed by atoms with Crippen LogP contribution in [0.15, 0.2) is 48.5 Å². The minimum Gasteiger partial charge on any atom is -0.496 e. The van der Waals surface area contributed by atoms with E-state index in [4.69, 9.17) is 4.74 Å². The number of benzene rings is 2. The van der Waals surface area contributed by atoms with Crippen molar-refractivity contribution in [1.29, 1.82) is 0 Å². The van der Waals surface area contributed by atoms with E-state index in [-0.39, 0.29) is 5.41 Å². The molecule has 4 rings (SSSR count). The quantitative estimate of drug-likeness (QED) is 0.559. The van der Waals surface area contributed by atoms with E-state index in [1.165, 1.54) is 19.3 Å². The van der Waals surface area contributed by atoms with Gasteiger partial charge in [-0.2, -0.15) is 0 Å². The van der Waals surface area contributed by atoms with Crippen LogP contribution in [0.2, 0.25) is 0 Å². The summed E-state index contributed by atoms with van der Waals surface area (Å²) in [6.45, 7) is 2.45. The first-order valence-electron chi connectivity index (χ1n) is 12.2. The van der Waals surface area contributed by atoms with Gasteiger partial charge in [-0.05, 0) is 62.4 Å². The standard InChI is InChI=1S/C26H35N3O4S/c1-33-24-10-4-3-9-23(24)26(15-5-6-16-26)20-27-25(30)19-34(31,32)28-21-11-13-22(14-12-21)29-17-7-2-8-18-29/h3-4,9-14,28H,2,5-8,15-20H2,1H3,(H,27,30). The lowest BCUT2D eigenvalue weighted by atomic mass is 9.78. The van der Waals surface area contributed by atoms with Gasteiger partial charge in [-0.1, -0.05) is 31.0 Å². The zero-order valence-corrected chi connectivity index (χ0v) is 20.7. The van der Waals surface area contributed by atoms with E-state index in [1.54, 1.807) is 19.2 Å². The van der Waals surface area contributed by atoms with Crippen molar-refractivity contribution < 1.29 is 17.9 Å². The topological polar surface area (TPSA) is 87.7 Å². The van der Waals surface area contributed by atoms with E-state index in [9.17, 15) is 13.2 Å². The van der Waals surface area contributed by atoms with Gasteiger partial charge in [0.05, 0.1) is 7.11 Å². The largest absolute Gasteiger partial charge is 0.496 e. The maximum absolute atomic E-state index is 12.6. The van der Waals surface area contributed by atoms with Crippen molar-refractivity contribution in [3.05, 3.63) is 54.1 Å². The molecule has 2 aliphatic rings. The third kappa shape index (κ3) is 5.84. The molecule has 184 valence electrons.